The van der Waals surface area contributed by atoms with Gasteiger partial charge in [0.15, 0.2) is 12.4 Å². The van der Waals surface area contributed by atoms with E-state index in [-0.39, 0.29) is 17.9 Å². The molecule has 1 aromatic carbocycles. The number of hydrogen-bond donors (Lipinski definition) is 0. The van der Waals surface area contributed by atoms with Gasteiger partial charge in [0.05, 0.1) is 0 Å². The normalized spacial score (nSPS) is 10.3. The molecule has 18 heavy (non-hydrogen) atoms. The van der Waals surface area contributed by atoms with Crippen LogP contribution >= 0.6 is 0 Å². The van der Waals surface area contributed by atoms with Gasteiger partial charge in [0.25, 0.3) is 5.89 Å². The number of ether oxygens (including phenoxy) is 1. The predicted molar refractivity (Wildman–Crippen MR) is 59.8 cm³/mol. The first-order chi connectivity index (χ1) is 8.71. The summed E-state index contributed by atoms with van der Waals surface area (Å²) in [4.78, 5) is 14.6. The summed E-state index contributed by atoms with van der Waals surface area (Å²) in [5.41, 5.74) is 0.213. The first kappa shape index (κ1) is 12.2. The quantitative estimate of drug-likeness (QED) is 0.761. The lowest BCUT2D eigenvalue weighted by molar-refractivity contribution is 0.112. The summed E-state index contributed by atoms with van der Waals surface area (Å²) in [6, 6.07) is 3.75. The molecule has 2 rings (SSSR count). The van der Waals surface area contributed by atoms with E-state index < -0.39 is 5.82 Å². The topological polar surface area (TPSA) is 65.2 Å². The third kappa shape index (κ3) is 2.91. The Morgan fingerprint density at radius 3 is 2.94 bits per heavy atom. The number of benzene rings is 1. The summed E-state index contributed by atoms with van der Waals surface area (Å²) in [7, 11) is 0. The molecular formula is C12H11FN2O3. The highest BCUT2D eigenvalue weighted by molar-refractivity contribution is 5.75. The summed E-state index contributed by atoms with van der Waals surface area (Å²) in [5, 5.41) is 3.70. The van der Waals surface area contributed by atoms with Crippen molar-refractivity contribution < 1.29 is 18.4 Å². The Bertz CT molecular complexity index is 554. The Balaban J connectivity index is 2.05. The Morgan fingerprint density at radius 2 is 2.28 bits per heavy atom. The average molecular weight is 250 g/mol. The summed E-state index contributed by atoms with van der Waals surface area (Å²) < 4.78 is 23.3. The number of aldehydes is 1. The van der Waals surface area contributed by atoms with Crippen LogP contribution in [0, 0.1) is 5.82 Å². The van der Waals surface area contributed by atoms with Crippen molar-refractivity contribution in [2.24, 2.45) is 0 Å². The number of nitrogens with zero attached hydrogens (tertiary/aromatic N) is 2. The first-order valence-electron chi connectivity index (χ1n) is 5.41. The zero-order chi connectivity index (χ0) is 13.0. The molecule has 0 spiro atoms. The predicted octanol–water partition coefficient (Wildman–Crippen LogP) is 2.16. The van der Waals surface area contributed by atoms with Gasteiger partial charge in [0.1, 0.15) is 17.9 Å². The summed E-state index contributed by atoms with van der Waals surface area (Å²) in [6.45, 7) is 1.94. The third-order valence-electron chi connectivity index (χ3n) is 2.22. The molecule has 0 aliphatic carbocycles. The molecule has 1 aromatic heterocycles. The highest BCUT2D eigenvalue weighted by atomic mass is 19.1. The van der Waals surface area contributed by atoms with E-state index in [4.69, 9.17) is 9.26 Å². The smallest absolute Gasteiger partial charge is 0.264 e. The first-order valence-corrected chi connectivity index (χ1v) is 5.41. The van der Waals surface area contributed by atoms with Crippen molar-refractivity contribution in [1.29, 1.82) is 0 Å². The lowest BCUT2D eigenvalue weighted by Gasteiger charge is -2.03. The molecule has 0 saturated carbocycles. The van der Waals surface area contributed by atoms with Crippen LogP contribution in [0.1, 0.15) is 29.0 Å². The van der Waals surface area contributed by atoms with Gasteiger partial charge in [-0.25, -0.2) is 4.39 Å². The summed E-state index contributed by atoms with van der Waals surface area (Å²) in [5.74, 6) is 0.605. The van der Waals surface area contributed by atoms with Crippen molar-refractivity contribution in [2.75, 3.05) is 0 Å². The van der Waals surface area contributed by atoms with Crippen LogP contribution < -0.4 is 4.74 Å². The second kappa shape index (κ2) is 5.39. The summed E-state index contributed by atoms with van der Waals surface area (Å²) >= 11 is 0. The number of halogens is 1. The van der Waals surface area contributed by atoms with Gasteiger partial charge in [-0.3, -0.25) is 4.79 Å². The maximum atomic E-state index is 13.1. The zero-order valence-corrected chi connectivity index (χ0v) is 9.72. The number of carbonyl (C=O) groups is 1. The molecule has 6 heteroatoms. The Hall–Kier alpha value is -2.24. The number of carbonyl (C=O) groups excluding carboxylic acids is 1. The minimum Gasteiger partial charge on any atom is -0.484 e. The minimum atomic E-state index is -0.533. The van der Waals surface area contributed by atoms with Crippen molar-refractivity contribution in [3.8, 4) is 5.75 Å². The highest BCUT2D eigenvalue weighted by Crippen LogP contribution is 2.16. The maximum Gasteiger partial charge on any atom is 0.264 e. The van der Waals surface area contributed by atoms with Crippen molar-refractivity contribution in [1.82, 2.24) is 10.1 Å². The molecule has 0 saturated heterocycles. The standard InChI is InChI=1S/C12H11FN2O3/c1-2-11-14-12(18-15-11)7-17-10-4-8(6-16)3-9(13)5-10/h3-6H,2,7H2,1H3. The molecule has 5 nitrogen and oxygen atoms in total. The van der Waals surface area contributed by atoms with E-state index >= 15 is 0 Å². The second-order valence-electron chi connectivity index (χ2n) is 3.58. The van der Waals surface area contributed by atoms with Crippen LogP contribution in [0.5, 0.6) is 5.75 Å². The van der Waals surface area contributed by atoms with E-state index in [9.17, 15) is 9.18 Å². The molecule has 2 aromatic rings. The average Bonchev–Trinajstić information content (AvgIpc) is 2.83. The van der Waals surface area contributed by atoms with E-state index in [2.05, 4.69) is 10.1 Å². The van der Waals surface area contributed by atoms with Crippen molar-refractivity contribution >= 4 is 6.29 Å². The second-order valence-corrected chi connectivity index (χ2v) is 3.58. The van der Waals surface area contributed by atoms with E-state index in [0.29, 0.717) is 24.4 Å². The van der Waals surface area contributed by atoms with Gasteiger partial charge < -0.3 is 9.26 Å². The Kier molecular flexibility index (Phi) is 3.66. The van der Waals surface area contributed by atoms with Crippen molar-refractivity contribution in [2.45, 2.75) is 20.0 Å². The fourth-order valence-electron chi connectivity index (χ4n) is 1.37. The van der Waals surface area contributed by atoms with Gasteiger partial charge in [-0.1, -0.05) is 12.1 Å². The highest BCUT2D eigenvalue weighted by Gasteiger charge is 2.07. The molecule has 0 radical (unpaired) electrons. The number of aryl methyl sites for hydroxylation is 1. The minimum absolute atomic E-state index is 0.0365. The molecule has 0 aliphatic heterocycles. The molecule has 1 heterocycles. The van der Waals surface area contributed by atoms with Gasteiger partial charge in [-0.15, -0.1) is 0 Å². The van der Waals surface area contributed by atoms with Crippen LogP contribution in [0.25, 0.3) is 0 Å². The lowest BCUT2D eigenvalue weighted by Crippen LogP contribution is -1.97. The van der Waals surface area contributed by atoms with Gasteiger partial charge in [-0.05, 0) is 12.1 Å². The van der Waals surface area contributed by atoms with Crippen LogP contribution in [0.15, 0.2) is 22.7 Å². The van der Waals surface area contributed by atoms with Crippen LogP contribution in [-0.2, 0) is 13.0 Å². The fraction of sp³-hybridized carbons (Fsp3) is 0.250. The molecule has 0 amide bonds. The van der Waals surface area contributed by atoms with Gasteiger partial charge in [0.2, 0.25) is 0 Å². The number of aromatic nitrogens is 2. The zero-order valence-electron chi connectivity index (χ0n) is 9.72. The monoisotopic (exact) mass is 250 g/mol. The molecule has 0 bridgehead atoms. The van der Waals surface area contributed by atoms with E-state index in [1.54, 1.807) is 0 Å². The molecule has 94 valence electrons. The van der Waals surface area contributed by atoms with Crippen LogP contribution in [0.4, 0.5) is 4.39 Å². The third-order valence-corrected chi connectivity index (χ3v) is 2.22. The van der Waals surface area contributed by atoms with Gasteiger partial charge in [0, 0.05) is 18.1 Å². The molecule has 0 aliphatic rings. The van der Waals surface area contributed by atoms with Crippen LogP contribution in [0.3, 0.4) is 0 Å². The molecule has 0 unspecified atom stereocenters. The largest absolute Gasteiger partial charge is 0.484 e. The lowest BCUT2D eigenvalue weighted by atomic mass is 10.2. The maximum absolute atomic E-state index is 13.1. The molecule has 0 N–H and O–H groups in total. The Labute approximate surface area is 103 Å². The van der Waals surface area contributed by atoms with E-state index in [0.717, 1.165) is 6.07 Å². The Morgan fingerprint density at radius 1 is 1.44 bits per heavy atom. The van der Waals surface area contributed by atoms with Crippen LogP contribution in [0.2, 0.25) is 0 Å². The van der Waals surface area contributed by atoms with E-state index in [1.165, 1.54) is 12.1 Å². The van der Waals surface area contributed by atoms with Crippen LogP contribution in [-0.4, -0.2) is 16.4 Å². The van der Waals surface area contributed by atoms with Crippen molar-refractivity contribution in [3.63, 3.8) is 0 Å². The molecular weight excluding hydrogens is 239 g/mol. The number of hydrogen-bond acceptors (Lipinski definition) is 5. The SMILES string of the molecule is CCc1noc(COc2cc(F)cc(C=O)c2)n1. The summed E-state index contributed by atoms with van der Waals surface area (Å²) in [6.07, 6.45) is 1.22. The van der Waals surface area contributed by atoms with E-state index in [1.807, 2.05) is 6.92 Å². The van der Waals surface area contributed by atoms with Gasteiger partial charge >= 0.3 is 0 Å². The number of rotatable bonds is 5. The molecule has 0 atom stereocenters. The molecule has 0 fully saturated rings. The van der Waals surface area contributed by atoms with Gasteiger partial charge in [-0.2, -0.15) is 4.98 Å². The fourth-order valence-corrected chi connectivity index (χ4v) is 1.37. The van der Waals surface area contributed by atoms with Crippen molar-refractivity contribution in [3.05, 3.63) is 41.3 Å².